The minimum absolute atomic E-state index is 0.0361. The van der Waals surface area contributed by atoms with Crippen LogP contribution in [0, 0.1) is 5.92 Å². The van der Waals surface area contributed by atoms with Gasteiger partial charge in [0.25, 0.3) is 15.9 Å². The molecule has 0 aromatic heterocycles. The van der Waals surface area contributed by atoms with E-state index < -0.39 is 22.0 Å². The van der Waals surface area contributed by atoms with Gasteiger partial charge < -0.3 is 10.0 Å². The average molecular weight is 574 g/mol. The zero-order chi connectivity index (χ0) is 28.8. The van der Waals surface area contributed by atoms with Crippen molar-refractivity contribution in [3.8, 4) is 0 Å². The fourth-order valence-electron chi connectivity index (χ4n) is 5.53. The number of nitrogens with zero attached hydrogens (tertiary/aromatic N) is 2. The number of hydrogen-bond acceptors (Lipinski definition) is 5. The van der Waals surface area contributed by atoms with E-state index in [-0.39, 0.29) is 10.9 Å². The molecule has 214 valence electrons. The average Bonchev–Trinajstić information content (AvgIpc) is 3.78. The van der Waals surface area contributed by atoms with Crippen molar-refractivity contribution in [1.29, 1.82) is 0 Å². The van der Waals surface area contributed by atoms with Gasteiger partial charge in [0.2, 0.25) is 0 Å². The molecular weight excluding hydrogens is 538 g/mol. The number of sulfonamides is 1. The smallest absolute Gasteiger partial charge is 0.407 e. The Bertz CT molecular complexity index is 1470. The second kappa shape index (κ2) is 12.7. The van der Waals surface area contributed by atoms with Gasteiger partial charge in [-0.3, -0.25) is 9.69 Å². The maximum atomic E-state index is 12.3. The van der Waals surface area contributed by atoms with Crippen LogP contribution in [-0.4, -0.2) is 61.0 Å². The Balaban J connectivity index is 1.07. The highest BCUT2D eigenvalue weighted by molar-refractivity contribution is 7.90. The van der Waals surface area contributed by atoms with Crippen LogP contribution < -0.4 is 4.72 Å². The first-order valence-electron chi connectivity index (χ1n) is 13.9. The molecule has 2 atom stereocenters. The standard InChI is InChI=1S/C32H35N3O5S/c36-31(33-41(39,40)28-9-5-2-6-10-28)16-15-24-11-13-25(14-12-24)22-34-19-17-26(18-20-34)23-35(32(37)38)30-21-29(30)27-7-3-1-4-8-27/h1-16,26,29-30H,17-23H2,(H,33,36)(H,37,38)/t29-,30+/m0/s1. The Morgan fingerprint density at radius 1 is 0.927 bits per heavy atom. The number of likely N-dealkylation sites (tertiary alicyclic amines) is 1. The summed E-state index contributed by atoms with van der Waals surface area (Å²) < 4.78 is 26.6. The molecule has 2 N–H and O–H groups in total. The molecule has 1 saturated heterocycles. The van der Waals surface area contributed by atoms with Gasteiger partial charge in [0.1, 0.15) is 0 Å². The minimum Gasteiger partial charge on any atom is -0.465 e. The molecule has 0 radical (unpaired) electrons. The molecule has 8 nitrogen and oxygen atoms in total. The molecule has 2 aliphatic rings. The largest absolute Gasteiger partial charge is 0.465 e. The zero-order valence-electron chi connectivity index (χ0n) is 22.8. The highest BCUT2D eigenvalue weighted by Gasteiger charge is 2.45. The van der Waals surface area contributed by atoms with Gasteiger partial charge in [-0.1, -0.05) is 72.8 Å². The molecule has 0 unspecified atom stereocenters. The Morgan fingerprint density at radius 2 is 1.56 bits per heavy atom. The van der Waals surface area contributed by atoms with Crippen LogP contribution in [0.25, 0.3) is 6.08 Å². The van der Waals surface area contributed by atoms with Gasteiger partial charge >= 0.3 is 6.09 Å². The topological polar surface area (TPSA) is 107 Å². The molecule has 2 amide bonds. The number of piperidine rings is 1. The van der Waals surface area contributed by atoms with E-state index >= 15 is 0 Å². The summed E-state index contributed by atoms with van der Waals surface area (Å²) in [6.07, 6.45) is 4.81. The fraction of sp³-hybridized carbons (Fsp3) is 0.312. The van der Waals surface area contributed by atoms with Gasteiger partial charge in [-0.25, -0.2) is 17.9 Å². The van der Waals surface area contributed by atoms with Crippen molar-refractivity contribution in [3.63, 3.8) is 0 Å². The maximum Gasteiger partial charge on any atom is 0.407 e. The number of nitrogens with one attached hydrogen (secondary N) is 1. The van der Waals surface area contributed by atoms with Crippen LogP contribution in [-0.2, 0) is 21.4 Å². The molecule has 9 heteroatoms. The van der Waals surface area contributed by atoms with Crippen LogP contribution in [0.5, 0.6) is 0 Å². The van der Waals surface area contributed by atoms with E-state index in [0.717, 1.165) is 50.0 Å². The van der Waals surface area contributed by atoms with Crippen LogP contribution in [0.15, 0.2) is 95.9 Å². The molecule has 2 fully saturated rings. The first kappa shape index (κ1) is 28.6. The third-order valence-electron chi connectivity index (χ3n) is 7.89. The summed E-state index contributed by atoms with van der Waals surface area (Å²) in [7, 11) is -3.91. The van der Waals surface area contributed by atoms with Crippen LogP contribution in [0.2, 0.25) is 0 Å². The lowest BCUT2D eigenvalue weighted by Gasteiger charge is -2.34. The Kier molecular flexibility index (Phi) is 8.85. The van der Waals surface area contributed by atoms with Crippen molar-refractivity contribution in [3.05, 3.63) is 108 Å². The fourth-order valence-corrected chi connectivity index (χ4v) is 6.50. The number of carbonyl (C=O) groups excluding carboxylic acids is 1. The van der Waals surface area contributed by atoms with E-state index in [4.69, 9.17) is 0 Å². The normalized spacial score (nSPS) is 19.6. The van der Waals surface area contributed by atoms with Gasteiger partial charge in [0.15, 0.2) is 0 Å². The SMILES string of the molecule is O=C(C=Cc1ccc(CN2CCC(CN(C(=O)O)[C@@H]3C[C@H]3c3ccccc3)CC2)cc1)NS(=O)(=O)c1ccccc1. The summed E-state index contributed by atoms with van der Waals surface area (Å²) in [5.74, 6) is -0.0369. The van der Waals surface area contributed by atoms with Gasteiger partial charge in [0.05, 0.1) is 4.90 Å². The van der Waals surface area contributed by atoms with Crippen LogP contribution in [0.4, 0.5) is 4.79 Å². The van der Waals surface area contributed by atoms with Crippen LogP contribution >= 0.6 is 0 Å². The zero-order valence-corrected chi connectivity index (χ0v) is 23.6. The Morgan fingerprint density at radius 3 is 2.20 bits per heavy atom. The summed E-state index contributed by atoms with van der Waals surface area (Å²) >= 11 is 0. The van der Waals surface area contributed by atoms with E-state index in [1.54, 1.807) is 29.2 Å². The molecule has 0 spiro atoms. The van der Waals surface area contributed by atoms with Crippen molar-refractivity contribution in [2.24, 2.45) is 5.92 Å². The van der Waals surface area contributed by atoms with E-state index in [9.17, 15) is 23.1 Å². The summed E-state index contributed by atoms with van der Waals surface area (Å²) in [4.78, 5) is 28.3. The first-order chi connectivity index (χ1) is 19.8. The molecule has 3 aromatic carbocycles. The van der Waals surface area contributed by atoms with E-state index in [1.807, 2.05) is 42.5 Å². The van der Waals surface area contributed by atoms with Crippen molar-refractivity contribution in [2.45, 2.75) is 42.7 Å². The molecule has 1 heterocycles. The summed E-state index contributed by atoms with van der Waals surface area (Å²) in [6, 6.07) is 25.9. The molecule has 41 heavy (non-hydrogen) atoms. The highest BCUT2D eigenvalue weighted by atomic mass is 32.2. The second-order valence-corrected chi connectivity index (χ2v) is 12.5. The maximum absolute atomic E-state index is 12.3. The predicted octanol–water partition coefficient (Wildman–Crippen LogP) is 4.95. The number of amides is 2. The lowest BCUT2D eigenvalue weighted by atomic mass is 9.95. The molecule has 5 rings (SSSR count). The molecule has 0 bridgehead atoms. The van der Waals surface area contributed by atoms with Gasteiger partial charge in [0, 0.05) is 31.1 Å². The minimum atomic E-state index is -3.91. The first-order valence-corrected chi connectivity index (χ1v) is 15.4. The summed E-state index contributed by atoms with van der Waals surface area (Å²) in [5.41, 5.74) is 3.16. The number of carboxylic acid groups (broad SMARTS) is 1. The number of benzene rings is 3. The number of hydrogen-bond donors (Lipinski definition) is 2. The molecule has 1 aliphatic carbocycles. The quantitative estimate of drug-likeness (QED) is 0.332. The molecular formula is C32H35N3O5S. The lowest BCUT2D eigenvalue weighted by molar-refractivity contribution is -0.114. The van der Waals surface area contributed by atoms with Crippen molar-refractivity contribution in [2.75, 3.05) is 19.6 Å². The highest BCUT2D eigenvalue weighted by Crippen LogP contribution is 2.45. The number of rotatable bonds is 10. The number of carbonyl (C=O) groups is 2. The third-order valence-corrected chi connectivity index (χ3v) is 9.26. The van der Waals surface area contributed by atoms with Gasteiger partial charge in [-0.15, -0.1) is 0 Å². The Labute approximate surface area is 241 Å². The van der Waals surface area contributed by atoms with E-state index in [2.05, 4.69) is 21.8 Å². The van der Waals surface area contributed by atoms with Gasteiger partial charge in [-0.05, 0) is 73.2 Å². The van der Waals surface area contributed by atoms with Crippen LogP contribution in [0.1, 0.15) is 41.9 Å². The van der Waals surface area contributed by atoms with Gasteiger partial charge in [-0.2, -0.15) is 0 Å². The monoisotopic (exact) mass is 573 g/mol. The summed E-state index contributed by atoms with van der Waals surface area (Å²) in [6.45, 7) is 3.23. The third kappa shape index (κ3) is 7.62. The Hall–Kier alpha value is -3.95. The second-order valence-electron chi connectivity index (χ2n) is 10.8. The van der Waals surface area contributed by atoms with Crippen molar-refractivity contribution < 1.29 is 23.1 Å². The summed E-state index contributed by atoms with van der Waals surface area (Å²) in [5, 5.41) is 9.88. The molecule has 1 aliphatic heterocycles. The van der Waals surface area contributed by atoms with E-state index in [1.165, 1.54) is 23.8 Å². The van der Waals surface area contributed by atoms with E-state index in [0.29, 0.717) is 18.4 Å². The van der Waals surface area contributed by atoms with Crippen LogP contribution in [0.3, 0.4) is 0 Å². The molecule has 1 saturated carbocycles. The van der Waals surface area contributed by atoms with Crippen molar-refractivity contribution >= 4 is 28.1 Å². The predicted molar refractivity (Wildman–Crippen MR) is 158 cm³/mol. The lowest BCUT2D eigenvalue weighted by Crippen LogP contribution is -2.41. The molecule has 3 aromatic rings. The van der Waals surface area contributed by atoms with Crippen molar-refractivity contribution in [1.82, 2.24) is 14.5 Å².